The molecule has 0 fully saturated rings. The Bertz CT molecular complexity index is 453. The van der Waals surface area contributed by atoms with Gasteiger partial charge in [-0.15, -0.1) is 0 Å². The van der Waals surface area contributed by atoms with Crippen molar-refractivity contribution in [2.75, 3.05) is 5.75 Å². The van der Waals surface area contributed by atoms with E-state index in [0.717, 1.165) is 0 Å². The summed E-state index contributed by atoms with van der Waals surface area (Å²) in [7, 11) is 0. The molecule has 54 valence electrons. The van der Waals surface area contributed by atoms with Crippen molar-refractivity contribution in [2.45, 2.75) is 0 Å². The molecule has 0 amide bonds. The molecule has 3 rings (SSSR count). The van der Waals surface area contributed by atoms with Crippen molar-refractivity contribution in [3.05, 3.63) is 30.5 Å². The van der Waals surface area contributed by atoms with Crippen molar-refractivity contribution in [3.63, 3.8) is 0 Å². The van der Waals surface area contributed by atoms with Crippen LogP contribution in [0, 0.1) is 4.00 Å². The van der Waals surface area contributed by atoms with Gasteiger partial charge in [-0.3, -0.25) is 0 Å². The predicted molar refractivity (Wildman–Crippen MR) is 53.9 cm³/mol. The van der Waals surface area contributed by atoms with Crippen LogP contribution in [0.25, 0.3) is 4.91 Å². The standard InChI is InChI=1S/C8H6GeS2/c1-3-10-7-5(1)9-6-2-4-11-8(6)7/h1-3,9H,4H2. The van der Waals surface area contributed by atoms with E-state index in [1.807, 2.05) is 23.1 Å². The van der Waals surface area contributed by atoms with Crippen molar-refractivity contribution in [2.24, 2.45) is 0 Å². The van der Waals surface area contributed by atoms with Gasteiger partial charge < -0.3 is 0 Å². The first-order valence-electron chi connectivity index (χ1n) is 3.58. The number of rotatable bonds is 0. The van der Waals surface area contributed by atoms with E-state index in [-0.39, 0.29) is 15.0 Å². The fraction of sp³-hybridized carbons (Fsp3) is 0.125. The van der Waals surface area contributed by atoms with E-state index in [2.05, 4.69) is 17.5 Å². The zero-order valence-corrected chi connectivity index (χ0v) is 9.89. The van der Waals surface area contributed by atoms with Crippen molar-refractivity contribution < 1.29 is 0 Å². The molecule has 2 aliphatic rings. The summed E-state index contributed by atoms with van der Waals surface area (Å²) in [6.07, 6.45) is 2.44. The van der Waals surface area contributed by atoms with Crippen LogP contribution in [0.15, 0.2) is 21.9 Å². The number of thiophene rings is 1. The van der Waals surface area contributed by atoms with Crippen LogP contribution in [0.3, 0.4) is 0 Å². The van der Waals surface area contributed by atoms with Crippen LogP contribution in [0.2, 0.25) is 0 Å². The second-order valence-electron chi connectivity index (χ2n) is 2.65. The van der Waals surface area contributed by atoms with E-state index in [9.17, 15) is 0 Å². The molecule has 0 saturated heterocycles. The summed E-state index contributed by atoms with van der Waals surface area (Å²) in [4.78, 5) is 1.63. The van der Waals surface area contributed by atoms with Gasteiger partial charge in [0.1, 0.15) is 0 Å². The number of hydrogen-bond donors (Lipinski definition) is 0. The van der Waals surface area contributed by atoms with E-state index >= 15 is 0 Å². The average molecular weight is 239 g/mol. The van der Waals surface area contributed by atoms with Gasteiger partial charge in [0.2, 0.25) is 0 Å². The van der Waals surface area contributed by atoms with Crippen LogP contribution >= 0.6 is 23.1 Å². The monoisotopic (exact) mass is 240 g/mol. The Balaban J connectivity index is 2.55. The van der Waals surface area contributed by atoms with Gasteiger partial charge in [-0.05, 0) is 0 Å². The SMILES string of the molecule is C1=[C]2[GeH]=[c]3ccsc3=C2SC1. The average Bonchev–Trinajstić information content (AvgIpc) is 2.52. The number of hydrogen-bond acceptors (Lipinski definition) is 2. The third-order valence-corrected chi connectivity index (χ3v) is 8.44. The van der Waals surface area contributed by atoms with E-state index in [1.54, 1.807) is 17.8 Å². The Morgan fingerprint density at radius 2 is 2.45 bits per heavy atom. The molecule has 0 nitrogen and oxygen atoms in total. The Morgan fingerprint density at radius 1 is 1.45 bits per heavy atom. The molecule has 0 aliphatic carbocycles. The fourth-order valence-electron chi connectivity index (χ4n) is 1.50. The van der Waals surface area contributed by atoms with Gasteiger partial charge in [0, 0.05) is 0 Å². The van der Waals surface area contributed by atoms with Crippen LogP contribution in [0.1, 0.15) is 0 Å². The van der Waals surface area contributed by atoms with Gasteiger partial charge in [0.25, 0.3) is 0 Å². The van der Waals surface area contributed by atoms with Crippen LogP contribution in [0.4, 0.5) is 0 Å². The van der Waals surface area contributed by atoms with E-state index < -0.39 is 0 Å². The molecule has 0 atom stereocenters. The van der Waals surface area contributed by atoms with Crippen LogP contribution in [0.5, 0.6) is 0 Å². The van der Waals surface area contributed by atoms with E-state index in [0.29, 0.717) is 0 Å². The van der Waals surface area contributed by atoms with Gasteiger partial charge in [-0.25, -0.2) is 0 Å². The minimum absolute atomic E-state index is 0.176. The molecule has 2 aliphatic heterocycles. The summed E-state index contributed by atoms with van der Waals surface area (Å²) in [5, 5.41) is 2.24. The zero-order chi connectivity index (χ0) is 7.26. The number of fused-ring (bicyclic) bond motifs is 2. The summed E-state index contributed by atoms with van der Waals surface area (Å²) in [5.41, 5.74) is 0. The molecule has 1 aromatic heterocycles. The summed E-state index contributed by atoms with van der Waals surface area (Å²) in [6, 6.07) is 2.33. The Morgan fingerprint density at radius 3 is 3.45 bits per heavy atom. The van der Waals surface area contributed by atoms with Crippen molar-refractivity contribution >= 4 is 43.0 Å². The zero-order valence-electron chi connectivity index (χ0n) is 5.83. The van der Waals surface area contributed by atoms with E-state index in [4.69, 9.17) is 0 Å². The van der Waals surface area contributed by atoms with Gasteiger partial charge >= 0.3 is 79.2 Å². The molecular formula is C8H6GeS2. The van der Waals surface area contributed by atoms with Crippen molar-refractivity contribution in [3.8, 4) is 0 Å². The quantitative estimate of drug-likeness (QED) is 0.612. The molecule has 3 heteroatoms. The molecule has 0 N–H and O–H groups in total. The molecule has 1 aromatic rings. The maximum atomic E-state index is 2.44. The molecule has 0 unspecified atom stereocenters. The van der Waals surface area contributed by atoms with Gasteiger partial charge in [-0.1, -0.05) is 0 Å². The van der Waals surface area contributed by atoms with Gasteiger partial charge in [0.15, 0.2) is 0 Å². The van der Waals surface area contributed by atoms with Gasteiger partial charge in [-0.2, -0.15) is 0 Å². The molecular weight excluding hydrogens is 233 g/mol. The van der Waals surface area contributed by atoms with Crippen LogP contribution < -0.4 is 4.53 Å². The Labute approximate surface area is 79.0 Å². The van der Waals surface area contributed by atoms with Crippen molar-refractivity contribution in [1.29, 1.82) is 0 Å². The normalized spacial score (nSPS) is 19.3. The first kappa shape index (κ1) is 6.69. The van der Waals surface area contributed by atoms with Crippen molar-refractivity contribution in [1.82, 2.24) is 0 Å². The Hall–Kier alpha value is 0.203. The molecule has 3 heterocycles. The Kier molecular flexibility index (Phi) is 1.43. The second kappa shape index (κ2) is 2.34. The molecule has 0 radical (unpaired) electrons. The summed E-state index contributed by atoms with van der Waals surface area (Å²) < 4.78 is 5.05. The van der Waals surface area contributed by atoms with Crippen LogP contribution in [-0.4, -0.2) is 20.7 Å². The topological polar surface area (TPSA) is 0 Å². The van der Waals surface area contributed by atoms with Crippen LogP contribution in [-0.2, 0) is 0 Å². The summed E-state index contributed by atoms with van der Waals surface area (Å²) in [6.45, 7) is 0. The molecule has 11 heavy (non-hydrogen) atoms. The molecule has 0 spiro atoms. The second-order valence-corrected chi connectivity index (χ2v) is 7.81. The summed E-state index contributed by atoms with van der Waals surface area (Å²) in [5.74, 6) is 1.24. The first-order chi connectivity index (χ1) is 5.45. The molecule has 0 aromatic carbocycles. The van der Waals surface area contributed by atoms with Gasteiger partial charge in [0.05, 0.1) is 0 Å². The maximum absolute atomic E-state index is 2.44. The predicted octanol–water partition coefficient (Wildman–Crippen LogP) is 1.19. The first-order valence-corrected chi connectivity index (χ1v) is 7.87. The minimum atomic E-state index is -0.176. The van der Waals surface area contributed by atoms with E-state index in [1.165, 1.54) is 5.75 Å². The molecule has 0 bridgehead atoms. The molecule has 0 saturated carbocycles. The fourth-order valence-corrected chi connectivity index (χ4v) is 8.94. The number of thioether (sulfide) groups is 1. The third kappa shape index (κ3) is 0.863. The summed E-state index contributed by atoms with van der Waals surface area (Å²) >= 11 is 3.79. The third-order valence-electron chi connectivity index (χ3n) is 2.01.